The van der Waals surface area contributed by atoms with Crippen LogP contribution in [-0.2, 0) is 14.4 Å². The maximum atomic E-state index is 13.3. The molecule has 3 amide bonds. The third-order valence-electron chi connectivity index (χ3n) is 7.13. The molecule has 0 bridgehead atoms. The third kappa shape index (κ3) is 9.22. The molecule has 0 aliphatic rings. The molecule has 2 atom stereocenters. The number of carboxylic acid groups (broad SMARTS) is 1. The lowest BCUT2D eigenvalue weighted by molar-refractivity contribution is -0.138. The minimum atomic E-state index is -1.09. The number of ether oxygens (including phenoxy) is 2. The zero-order valence-corrected chi connectivity index (χ0v) is 25.8. The van der Waals surface area contributed by atoms with Crippen LogP contribution in [-0.4, -0.2) is 48.6 Å². The average molecular weight is 605 g/mol. The van der Waals surface area contributed by atoms with Gasteiger partial charge < -0.3 is 35.8 Å². The van der Waals surface area contributed by atoms with Crippen molar-refractivity contribution >= 4 is 40.8 Å². The van der Waals surface area contributed by atoms with Gasteiger partial charge in [0.25, 0.3) is 0 Å². The molecule has 0 aromatic heterocycles. The number of rotatable bonds is 14. The van der Waals surface area contributed by atoms with Crippen molar-refractivity contribution in [2.45, 2.75) is 52.1 Å². The predicted octanol–water partition coefficient (Wildman–Crippen LogP) is 5.77. The van der Waals surface area contributed by atoms with Crippen LogP contribution in [0.4, 0.5) is 21.9 Å². The van der Waals surface area contributed by atoms with Crippen molar-refractivity contribution in [1.29, 1.82) is 0 Å². The number of aryl methyl sites for hydroxylation is 1. The fourth-order valence-corrected chi connectivity index (χ4v) is 4.50. The van der Waals surface area contributed by atoms with Crippen molar-refractivity contribution in [3.8, 4) is 11.5 Å². The van der Waals surface area contributed by atoms with E-state index in [4.69, 9.17) is 9.47 Å². The average Bonchev–Trinajstić information content (AvgIpc) is 2.98. The maximum Gasteiger partial charge on any atom is 0.323 e. The van der Waals surface area contributed by atoms with E-state index < -0.39 is 29.4 Å². The predicted molar refractivity (Wildman–Crippen MR) is 169 cm³/mol. The van der Waals surface area contributed by atoms with E-state index in [2.05, 4.69) is 21.3 Å². The number of carbonyl (C=O) groups is 4. The molecule has 0 aliphatic heterocycles. The highest BCUT2D eigenvalue weighted by molar-refractivity contribution is 6.00. The normalized spacial score (nSPS) is 12.3. The van der Waals surface area contributed by atoms with Crippen molar-refractivity contribution in [2.24, 2.45) is 5.92 Å². The number of urea groups is 1. The van der Waals surface area contributed by atoms with E-state index in [0.29, 0.717) is 34.1 Å². The zero-order chi connectivity index (χ0) is 32.4. The summed E-state index contributed by atoms with van der Waals surface area (Å²) in [6, 6.07) is 18.1. The zero-order valence-electron chi connectivity index (χ0n) is 25.8. The molecule has 3 aromatic rings. The highest BCUT2D eigenvalue weighted by Gasteiger charge is 2.31. The van der Waals surface area contributed by atoms with Crippen molar-refractivity contribution in [2.75, 3.05) is 30.2 Å². The van der Waals surface area contributed by atoms with Gasteiger partial charge in [-0.3, -0.25) is 14.4 Å². The highest BCUT2D eigenvalue weighted by Crippen LogP contribution is 2.31. The number of amides is 3. The van der Waals surface area contributed by atoms with Crippen LogP contribution in [0.2, 0.25) is 0 Å². The molecule has 0 heterocycles. The van der Waals surface area contributed by atoms with E-state index in [-0.39, 0.29) is 24.7 Å². The number of Topliss-reactive ketones (excluding diaryl/α,β-unsaturated/α-hetero) is 1. The summed E-state index contributed by atoms with van der Waals surface area (Å²) in [6.45, 7) is 6.97. The molecule has 3 rings (SSSR count). The molecule has 3 aromatic carbocycles. The molecular formula is C33H40N4O7. The van der Waals surface area contributed by atoms with Crippen LogP contribution in [0.15, 0.2) is 66.7 Å². The Morgan fingerprint density at radius 3 is 2.09 bits per heavy atom. The number of para-hydroxylation sites is 1. The van der Waals surface area contributed by atoms with Crippen LogP contribution >= 0.6 is 0 Å². The van der Waals surface area contributed by atoms with Crippen LogP contribution in [0.1, 0.15) is 50.8 Å². The van der Waals surface area contributed by atoms with Gasteiger partial charge in [0.05, 0.1) is 32.2 Å². The van der Waals surface area contributed by atoms with Gasteiger partial charge in [0.1, 0.15) is 0 Å². The first-order valence-corrected chi connectivity index (χ1v) is 14.1. The van der Waals surface area contributed by atoms with Crippen LogP contribution in [0.5, 0.6) is 11.5 Å². The summed E-state index contributed by atoms with van der Waals surface area (Å²) in [5.41, 5.74) is 2.39. The lowest BCUT2D eigenvalue weighted by Gasteiger charge is -2.28. The van der Waals surface area contributed by atoms with Crippen LogP contribution < -0.4 is 30.7 Å². The lowest BCUT2D eigenvalue weighted by Crippen LogP contribution is -2.43. The second kappa shape index (κ2) is 14.9. The maximum absolute atomic E-state index is 13.3. The number of aliphatic carboxylic acids is 1. The van der Waals surface area contributed by atoms with Crippen molar-refractivity contribution < 1.29 is 33.8 Å². The Labute approximate surface area is 257 Å². The van der Waals surface area contributed by atoms with Gasteiger partial charge in [-0.25, -0.2) is 4.79 Å². The Morgan fingerprint density at radius 1 is 0.841 bits per heavy atom. The van der Waals surface area contributed by atoms with Crippen molar-refractivity contribution in [3.05, 3.63) is 77.9 Å². The van der Waals surface area contributed by atoms with Gasteiger partial charge in [-0.15, -0.1) is 0 Å². The Kier molecular flexibility index (Phi) is 11.3. The minimum Gasteiger partial charge on any atom is -0.493 e. The Balaban J connectivity index is 1.59. The van der Waals surface area contributed by atoms with Gasteiger partial charge in [-0.2, -0.15) is 0 Å². The molecular weight excluding hydrogens is 564 g/mol. The molecule has 44 heavy (non-hydrogen) atoms. The van der Waals surface area contributed by atoms with Crippen molar-refractivity contribution in [1.82, 2.24) is 5.32 Å². The number of hydrogen-bond donors (Lipinski definition) is 5. The molecule has 2 unspecified atom stereocenters. The minimum absolute atomic E-state index is 0.0731. The molecule has 0 radical (unpaired) electrons. The number of carboxylic acids is 1. The first-order chi connectivity index (χ1) is 20.8. The number of nitrogens with one attached hydrogen (secondary N) is 4. The SMILES string of the molecule is COc1ccc(C(CC(=O)O)NC(=O)C(C)CC(=O)C(C)(C)Nc2ccc(NC(=O)Nc3ccccc3C)cc2)cc1OC. The Morgan fingerprint density at radius 2 is 1.48 bits per heavy atom. The summed E-state index contributed by atoms with van der Waals surface area (Å²) >= 11 is 0. The summed E-state index contributed by atoms with van der Waals surface area (Å²) < 4.78 is 10.6. The number of anilines is 3. The summed E-state index contributed by atoms with van der Waals surface area (Å²) in [5.74, 6) is -1.60. The van der Waals surface area contributed by atoms with E-state index in [0.717, 1.165) is 5.56 Å². The van der Waals surface area contributed by atoms with Crippen LogP contribution in [0.25, 0.3) is 0 Å². The van der Waals surface area contributed by atoms with Gasteiger partial charge in [0, 0.05) is 29.4 Å². The molecule has 11 nitrogen and oxygen atoms in total. The summed E-state index contributed by atoms with van der Waals surface area (Å²) in [5, 5.41) is 21.0. The molecule has 5 N–H and O–H groups in total. The first-order valence-electron chi connectivity index (χ1n) is 14.1. The van der Waals surface area contributed by atoms with E-state index in [9.17, 15) is 24.3 Å². The van der Waals surface area contributed by atoms with Gasteiger partial charge >= 0.3 is 12.0 Å². The fraction of sp³-hybridized carbons (Fsp3) is 0.333. The molecule has 0 saturated heterocycles. The summed E-state index contributed by atoms with van der Waals surface area (Å²) in [4.78, 5) is 50.3. The largest absolute Gasteiger partial charge is 0.493 e. The topological polar surface area (TPSA) is 155 Å². The van der Waals surface area contributed by atoms with Crippen molar-refractivity contribution in [3.63, 3.8) is 0 Å². The van der Waals surface area contributed by atoms with E-state index in [1.807, 2.05) is 31.2 Å². The van der Waals surface area contributed by atoms with E-state index >= 15 is 0 Å². The monoisotopic (exact) mass is 604 g/mol. The van der Waals surface area contributed by atoms with E-state index in [1.165, 1.54) is 14.2 Å². The Hall–Kier alpha value is -5.06. The van der Waals surface area contributed by atoms with Gasteiger partial charge in [-0.1, -0.05) is 31.2 Å². The highest BCUT2D eigenvalue weighted by atomic mass is 16.5. The lowest BCUT2D eigenvalue weighted by atomic mass is 9.90. The summed E-state index contributed by atoms with van der Waals surface area (Å²) in [6.07, 6.45) is -0.427. The molecule has 0 fully saturated rings. The van der Waals surface area contributed by atoms with E-state index in [1.54, 1.807) is 63.2 Å². The molecule has 0 aliphatic carbocycles. The standard InChI is InChI=1S/C33H40N4O7/c1-20-9-7-8-10-25(20)36-32(42)34-23-12-14-24(15-13-23)37-33(3,4)29(38)17-21(2)31(41)35-26(19-30(39)40)22-11-16-27(43-5)28(18-22)44-6/h7-16,18,21,26,37H,17,19H2,1-6H3,(H,35,41)(H,39,40)(H2,34,36,42). The number of hydrogen-bond acceptors (Lipinski definition) is 7. The van der Waals surface area contributed by atoms with Crippen LogP contribution in [0, 0.1) is 12.8 Å². The number of methoxy groups -OCH3 is 2. The quantitative estimate of drug-likeness (QED) is 0.155. The van der Waals surface area contributed by atoms with Gasteiger partial charge in [-0.05, 0) is 74.4 Å². The second-order valence-corrected chi connectivity index (χ2v) is 11.0. The fourth-order valence-electron chi connectivity index (χ4n) is 4.50. The summed E-state index contributed by atoms with van der Waals surface area (Å²) in [7, 11) is 2.96. The number of carbonyl (C=O) groups excluding carboxylic acids is 3. The number of benzene rings is 3. The first kappa shape index (κ1) is 33.4. The molecule has 0 saturated carbocycles. The number of ketones is 1. The molecule has 234 valence electrons. The second-order valence-electron chi connectivity index (χ2n) is 11.0. The van der Waals surface area contributed by atoms with Gasteiger partial charge in [0.15, 0.2) is 17.3 Å². The Bertz CT molecular complexity index is 1490. The van der Waals surface area contributed by atoms with Gasteiger partial charge in [0.2, 0.25) is 5.91 Å². The third-order valence-corrected chi connectivity index (χ3v) is 7.13. The molecule has 11 heteroatoms. The van der Waals surface area contributed by atoms with Crippen LogP contribution in [0.3, 0.4) is 0 Å². The smallest absolute Gasteiger partial charge is 0.323 e. The molecule has 0 spiro atoms.